The van der Waals surface area contributed by atoms with Gasteiger partial charge in [0, 0.05) is 41.4 Å². The van der Waals surface area contributed by atoms with Gasteiger partial charge >= 0.3 is 0 Å². The number of nitrogens with zero attached hydrogens (tertiary/aromatic N) is 2. The van der Waals surface area contributed by atoms with Gasteiger partial charge in [-0.3, -0.25) is 0 Å². The first-order valence-electron chi connectivity index (χ1n) is 18.3. The Kier molecular flexibility index (Phi) is 19.8. The van der Waals surface area contributed by atoms with Crippen molar-refractivity contribution in [1.29, 1.82) is 0 Å². The van der Waals surface area contributed by atoms with Crippen LogP contribution in [0.1, 0.15) is 125 Å². The molecule has 0 amide bonds. The number of nitrogens with one attached hydrogen (secondary N) is 1. The summed E-state index contributed by atoms with van der Waals surface area (Å²) in [5, 5.41) is 1.57. The van der Waals surface area contributed by atoms with Crippen LogP contribution < -0.4 is 4.72 Å². The van der Waals surface area contributed by atoms with Crippen molar-refractivity contribution in [2.24, 2.45) is 28.7 Å². The molecule has 2 aliphatic carbocycles. The first kappa shape index (κ1) is 40.3. The molecule has 46 heavy (non-hydrogen) atoms. The summed E-state index contributed by atoms with van der Waals surface area (Å²) in [7, 11) is 0. The van der Waals surface area contributed by atoms with Gasteiger partial charge in [-0.1, -0.05) is 108 Å². The Hall–Kier alpha value is -1.91. The van der Waals surface area contributed by atoms with E-state index in [2.05, 4.69) is 107 Å². The zero-order valence-corrected chi connectivity index (χ0v) is 31.8. The SMILES string of the molecule is C=CCC(CN(CC1CCC1C(/C=C/CC)CC)/C(N=C)=C(C)/C=C\CC(=C)NSC(C)CCCC)C1=C(CCC)C=C(Cl)CC1. The van der Waals surface area contributed by atoms with Crippen LogP contribution in [0.4, 0.5) is 0 Å². The molecule has 1 fully saturated rings. The molecule has 2 rings (SSSR count). The quantitative estimate of drug-likeness (QED) is 0.0480. The van der Waals surface area contributed by atoms with Crippen LogP contribution in [0.5, 0.6) is 0 Å². The highest BCUT2D eigenvalue weighted by atomic mass is 35.5. The Morgan fingerprint density at radius 2 is 1.96 bits per heavy atom. The lowest BCUT2D eigenvalue weighted by molar-refractivity contribution is 0.0850. The standard InChI is InChI=1S/C41H66ClN3S/c1-10-15-22-33(8)46-44-32(7)21-17-20-31(6)41(43-9)45(30-37-24-26-39(37)34(14-5)23-16-11-2)29-36(19-13-4)40-27-25-38(42)28-35(40)18-12-3/h13,16-17,20,23,28,33-34,36-37,39,44H,4,7,9-12,14-15,18-19,21-22,24-27,29-30H2,1-3,5-6,8H3/b20-17-,23-16+,41-31+. The Labute approximate surface area is 293 Å². The van der Waals surface area contributed by atoms with E-state index in [0.717, 1.165) is 86.1 Å². The third kappa shape index (κ3) is 13.3. The van der Waals surface area contributed by atoms with E-state index >= 15 is 0 Å². The van der Waals surface area contributed by atoms with Gasteiger partial charge in [-0.15, -0.1) is 6.58 Å². The lowest BCUT2D eigenvalue weighted by atomic mass is 9.66. The number of rotatable bonds is 24. The minimum absolute atomic E-state index is 0.379. The van der Waals surface area contributed by atoms with Crippen molar-refractivity contribution < 1.29 is 0 Å². The second-order valence-electron chi connectivity index (χ2n) is 13.5. The average molecular weight is 669 g/mol. The molecule has 0 bridgehead atoms. The first-order valence-corrected chi connectivity index (χ1v) is 19.5. The second-order valence-corrected chi connectivity index (χ2v) is 15.2. The fourth-order valence-electron chi connectivity index (χ4n) is 7.04. The molecular formula is C41H66ClN3S. The van der Waals surface area contributed by atoms with Gasteiger partial charge in [-0.25, -0.2) is 4.99 Å². The minimum Gasteiger partial charge on any atom is -0.356 e. The van der Waals surface area contributed by atoms with Crippen LogP contribution in [0.25, 0.3) is 0 Å². The normalized spacial score (nSPS) is 21.0. The van der Waals surface area contributed by atoms with E-state index in [9.17, 15) is 0 Å². The Morgan fingerprint density at radius 1 is 1.17 bits per heavy atom. The molecule has 0 aromatic rings. The highest BCUT2D eigenvalue weighted by Crippen LogP contribution is 2.43. The van der Waals surface area contributed by atoms with E-state index in [-0.39, 0.29) is 0 Å². The van der Waals surface area contributed by atoms with E-state index < -0.39 is 0 Å². The maximum atomic E-state index is 6.57. The van der Waals surface area contributed by atoms with Crippen molar-refractivity contribution >= 4 is 30.3 Å². The molecule has 258 valence electrons. The molecule has 0 aliphatic heterocycles. The van der Waals surface area contributed by atoms with Crippen LogP contribution in [-0.2, 0) is 0 Å². The topological polar surface area (TPSA) is 27.6 Å². The van der Waals surface area contributed by atoms with E-state index in [1.807, 2.05) is 0 Å². The third-order valence-corrected chi connectivity index (χ3v) is 11.1. The van der Waals surface area contributed by atoms with Crippen molar-refractivity contribution in [2.45, 2.75) is 130 Å². The van der Waals surface area contributed by atoms with Crippen molar-refractivity contribution in [3.63, 3.8) is 0 Å². The predicted octanol–water partition coefficient (Wildman–Crippen LogP) is 12.7. The molecule has 1 saturated carbocycles. The van der Waals surface area contributed by atoms with Crippen molar-refractivity contribution in [2.75, 3.05) is 13.1 Å². The second kappa shape index (κ2) is 22.6. The number of halogens is 1. The van der Waals surface area contributed by atoms with Crippen LogP contribution in [0.2, 0.25) is 0 Å². The van der Waals surface area contributed by atoms with Crippen LogP contribution in [0.3, 0.4) is 0 Å². The molecule has 0 heterocycles. The minimum atomic E-state index is 0.379. The molecular weight excluding hydrogens is 602 g/mol. The smallest absolute Gasteiger partial charge is 0.130 e. The van der Waals surface area contributed by atoms with Gasteiger partial charge in [-0.2, -0.15) is 0 Å². The molecule has 2 aliphatic rings. The van der Waals surface area contributed by atoms with Gasteiger partial charge in [0.05, 0.1) is 0 Å². The van der Waals surface area contributed by atoms with Gasteiger partial charge in [0.1, 0.15) is 5.82 Å². The van der Waals surface area contributed by atoms with Crippen molar-refractivity contribution in [3.05, 3.63) is 82.9 Å². The molecule has 0 aromatic carbocycles. The summed E-state index contributed by atoms with van der Waals surface area (Å²) in [5.41, 5.74) is 5.19. The maximum absolute atomic E-state index is 6.57. The fourth-order valence-corrected chi connectivity index (χ4v) is 8.00. The highest BCUT2D eigenvalue weighted by Gasteiger charge is 2.37. The molecule has 3 nitrogen and oxygen atoms in total. The van der Waals surface area contributed by atoms with Gasteiger partial charge in [0.25, 0.3) is 0 Å². The highest BCUT2D eigenvalue weighted by molar-refractivity contribution is 7.98. The van der Waals surface area contributed by atoms with Crippen LogP contribution in [0, 0.1) is 23.7 Å². The first-order chi connectivity index (χ1) is 22.2. The number of allylic oxidation sites excluding steroid dienone is 9. The average Bonchev–Trinajstić information content (AvgIpc) is 3.03. The van der Waals surface area contributed by atoms with Gasteiger partial charge in [0.15, 0.2) is 0 Å². The summed E-state index contributed by atoms with van der Waals surface area (Å²) in [4.78, 5) is 7.30. The van der Waals surface area contributed by atoms with E-state index in [1.54, 1.807) is 17.5 Å². The largest absolute Gasteiger partial charge is 0.356 e. The summed E-state index contributed by atoms with van der Waals surface area (Å²) in [6.07, 6.45) is 28.2. The lowest BCUT2D eigenvalue weighted by Crippen LogP contribution is -2.42. The molecule has 1 N–H and O–H groups in total. The predicted molar refractivity (Wildman–Crippen MR) is 209 cm³/mol. The zero-order valence-electron chi connectivity index (χ0n) is 30.3. The third-order valence-electron chi connectivity index (χ3n) is 9.75. The van der Waals surface area contributed by atoms with Crippen LogP contribution in [0.15, 0.2) is 87.9 Å². The summed E-state index contributed by atoms with van der Waals surface area (Å²) < 4.78 is 3.48. The van der Waals surface area contributed by atoms with E-state index in [1.165, 1.54) is 44.1 Å². The van der Waals surface area contributed by atoms with Crippen LogP contribution in [-0.4, -0.2) is 30.0 Å². The van der Waals surface area contributed by atoms with Gasteiger partial charge in [0.2, 0.25) is 0 Å². The van der Waals surface area contributed by atoms with Gasteiger partial charge in [-0.05, 0) is 118 Å². The van der Waals surface area contributed by atoms with E-state index in [0.29, 0.717) is 23.0 Å². The lowest BCUT2D eigenvalue weighted by Gasteiger charge is -2.45. The van der Waals surface area contributed by atoms with Crippen molar-refractivity contribution in [3.8, 4) is 0 Å². The zero-order chi connectivity index (χ0) is 33.9. The fraction of sp³-hybridized carbons (Fsp3) is 0.634. The number of hydrogen-bond donors (Lipinski definition) is 1. The van der Waals surface area contributed by atoms with Crippen molar-refractivity contribution in [1.82, 2.24) is 9.62 Å². The van der Waals surface area contributed by atoms with E-state index in [4.69, 9.17) is 16.6 Å². The van der Waals surface area contributed by atoms with Crippen LogP contribution >= 0.6 is 23.5 Å². The molecule has 5 heteroatoms. The molecule has 0 saturated heterocycles. The molecule has 0 radical (unpaired) electrons. The molecule has 0 aromatic heterocycles. The molecule has 5 unspecified atom stereocenters. The number of aliphatic imine (C=N–C) groups is 1. The number of hydrogen-bond acceptors (Lipinski definition) is 4. The summed E-state index contributed by atoms with van der Waals surface area (Å²) >= 11 is 8.36. The summed E-state index contributed by atoms with van der Waals surface area (Å²) in [6.45, 7) is 28.1. The molecule has 0 spiro atoms. The summed E-state index contributed by atoms with van der Waals surface area (Å²) in [5.74, 6) is 3.43. The Bertz CT molecular complexity index is 1110. The Morgan fingerprint density at radius 3 is 2.57 bits per heavy atom. The monoisotopic (exact) mass is 667 g/mol. The summed E-state index contributed by atoms with van der Waals surface area (Å²) in [6, 6.07) is 0. The maximum Gasteiger partial charge on any atom is 0.130 e. The van der Waals surface area contributed by atoms with Gasteiger partial charge < -0.3 is 9.62 Å². The Balaban J connectivity index is 2.36. The number of unbranched alkanes of at least 4 members (excludes halogenated alkanes) is 1. The molecule has 5 atom stereocenters.